The lowest BCUT2D eigenvalue weighted by molar-refractivity contribution is -0.131. The number of halogens is 1. The summed E-state index contributed by atoms with van der Waals surface area (Å²) in [5, 5.41) is 8.73. The predicted molar refractivity (Wildman–Crippen MR) is 84.5 cm³/mol. The van der Waals surface area contributed by atoms with Gasteiger partial charge >= 0.3 is 5.97 Å². The van der Waals surface area contributed by atoms with Crippen LogP contribution < -0.4 is 4.90 Å². The molecule has 0 atom stereocenters. The van der Waals surface area contributed by atoms with Gasteiger partial charge in [-0.1, -0.05) is 29.8 Å². The van der Waals surface area contributed by atoms with E-state index >= 15 is 0 Å². The summed E-state index contributed by atoms with van der Waals surface area (Å²) in [7, 11) is 1.97. The van der Waals surface area contributed by atoms with Crippen LogP contribution in [-0.4, -0.2) is 18.1 Å². The number of aliphatic carboxylic acids is 1. The van der Waals surface area contributed by atoms with Gasteiger partial charge in [-0.05, 0) is 29.8 Å². The second kappa shape index (κ2) is 6.59. The molecule has 0 aliphatic heterocycles. The van der Waals surface area contributed by atoms with Gasteiger partial charge in [-0.3, -0.25) is 0 Å². The Kier molecular flexibility index (Phi) is 4.82. The minimum atomic E-state index is -0.951. The maximum absolute atomic E-state index is 10.6. The number of anilines is 1. The number of nitrogens with zero attached hydrogens (tertiary/aromatic N) is 1. The summed E-state index contributed by atoms with van der Waals surface area (Å²) in [5.74, 6) is -0.951. The average Bonchev–Trinajstić information content (AvgIpc) is 2.82. The van der Waals surface area contributed by atoms with E-state index in [1.807, 2.05) is 43.4 Å². The van der Waals surface area contributed by atoms with Crippen LogP contribution in [0.4, 0.5) is 5.69 Å². The monoisotopic (exact) mass is 307 g/mol. The minimum absolute atomic E-state index is 0.731. The summed E-state index contributed by atoms with van der Waals surface area (Å²) >= 11 is 7.48. The number of carboxylic acids is 1. The zero-order valence-electron chi connectivity index (χ0n) is 10.9. The Balaban J connectivity index is 2.20. The van der Waals surface area contributed by atoms with Crippen LogP contribution >= 0.6 is 22.9 Å². The highest BCUT2D eigenvalue weighted by Gasteiger charge is 2.07. The molecule has 20 heavy (non-hydrogen) atoms. The zero-order valence-corrected chi connectivity index (χ0v) is 12.5. The molecule has 1 aromatic heterocycles. The average molecular weight is 308 g/mol. The van der Waals surface area contributed by atoms with E-state index in [1.165, 1.54) is 0 Å². The Morgan fingerprint density at radius 2 is 2.10 bits per heavy atom. The van der Waals surface area contributed by atoms with Crippen LogP contribution in [0, 0.1) is 0 Å². The summed E-state index contributed by atoms with van der Waals surface area (Å²) in [4.78, 5) is 13.9. The highest BCUT2D eigenvalue weighted by atomic mass is 35.5. The predicted octanol–water partition coefficient (Wildman–Crippen LogP) is 4.14. The highest BCUT2D eigenvalue weighted by Crippen LogP contribution is 2.26. The van der Waals surface area contributed by atoms with Crippen molar-refractivity contribution in [2.75, 3.05) is 11.9 Å². The van der Waals surface area contributed by atoms with Crippen LogP contribution in [0.5, 0.6) is 0 Å². The molecule has 1 N–H and O–H groups in total. The number of hydrogen-bond acceptors (Lipinski definition) is 3. The van der Waals surface area contributed by atoms with E-state index in [0.717, 1.165) is 33.1 Å². The fourth-order valence-corrected chi connectivity index (χ4v) is 3.03. The van der Waals surface area contributed by atoms with Gasteiger partial charge in [0, 0.05) is 23.7 Å². The molecular formula is C15H14ClNO2S. The first-order valence-corrected chi connectivity index (χ1v) is 7.21. The summed E-state index contributed by atoms with van der Waals surface area (Å²) in [5.41, 5.74) is 1.86. The molecule has 3 nitrogen and oxygen atoms in total. The normalized spacial score (nSPS) is 10.9. The number of hydrogen-bond donors (Lipinski definition) is 1. The molecule has 104 valence electrons. The standard InChI is InChI=1S/C15H14ClNO2S/c1-17(10-12-7-8-14(16)20-12)13-5-3-2-4-11(13)6-9-15(18)19/h2-9H,10H2,1H3,(H,18,19). The Hall–Kier alpha value is -1.78. The van der Waals surface area contributed by atoms with Crippen LogP contribution in [0.15, 0.2) is 42.5 Å². The third kappa shape index (κ3) is 3.85. The van der Waals surface area contributed by atoms with Crippen molar-refractivity contribution in [3.63, 3.8) is 0 Å². The lowest BCUT2D eigenvalue weighted by Crippen LogP contribution is -2.16. The van der Waals surface area contributed by atoms with Crippen molar-refractivity contribution >= 4 is 40.7 Å². The van der Waals surface area contributed by atoms with Crippen LogP contribution in [-0.2, 0) is 11.3 Å². The molecule has 2 rings (SSSR count). The van der Waals surface area contributed by atoms with Crippen LogP contribution in [0.1, 0.15) is 10.4 Å². The van der Waals surface area contributed by atoms with Crippen molar-refractivity contribution in [3.8, 4) is 0 Å². The molecular weight excluding hydrogens is 294 g/mol. The third-order valence-electron chi connectivity index (χ3n) is 2.78. The first-order valence-electron chi connectivity index (χ1n) is 6.01. The summed E-state index contributed by atoms with van der Waals surface area (Å²) < 4.78 is 0.771. The first-order chi connectivity index (χ1) is 9.56. The van der Waals surface area contributed by atoms with Gasteiger partial charge in [-0.15, -0.1) is 11.3 Å². The van der Waals surface area contributed by atoms with Crippen molar-refractivity contribution in [2.24, 2.45) is 0 Å². The van der Waals surface area contributed by atoms with Gasteiger partial charge in [-0.25, -0.2) is 4.79 Å². The largest absolute Gasteiger partial charge is 0.478 e. The Morgan fingerprint density at radius 3 is 2.75 bits per heavy atom. The number of rotatable bonds is 5. The van der Waals surface area contributed by atoms with Crippen LogP contribution in [0.25, 0.3) is 6.08 Å². The molecule has 0 saturated carbocycles. The van der Waals surface area contributed by atoms with E-state index in [0.29, 0.717) is 0 Å². The third-order valence-corrected chi connectivity index (χ3v) is 3.99. The van der Waals surface area contributed by atoms with E-state index in [9.17, 15) is 4.79 Å². The summed E-state index contributed by atoms with van der Waals surface area (Å²) in [6.07, 6.45) is 2.75. The van der Waals surface area contributed by atoms with Gasteiger partial charge in [0.2, 0.25) is 0 Å². The summed E-state index contributed by atoms with van der Waals surface area (Å²) in [6.45, 7) is 0.731. The maximum Gasteiger partial charge on any atom is 0.328 e. The molecule has 5 heteroatoms. The Morgan fingerprint density at radius 1 is 1.35 bits per heavy atom. The lowest BCUT2D eigenvalue weighted by Gasteiger charge is -2.20. The van der Waals surface area contributed by atoms with Crippen molar-refractivity contribution in [2.45, 2.75) is 6.54 Å². The van der Waals surface area contributed by atoms with Crippen molar-refractivity contribution in [3.05, 3.63) is 57.3 Å². The number of carboxylic acid groups (broad SMARTS) is 1. The molecule has 0 spiro atoms. The van der Waals surface area contributed by atoms with Crippen molar-refractivity contribution in [1.29, 1.82) is 0 Å². The van der Waals surface area contributed by atoms with Gasteiger partial charge in [0.05, 0.1) is 10.9 Å². The molecule has 1 aromatic carbocycles. The smallest absolute Gasteiger partial charge is 0.328 e. The topological polar surface area (TPSA) is 40.5 Å². The van der Waals surface area contributed by atoms with E-state index in [4.69, 9.17) is 16.7 Å². The molecule has 0 fully saturated rings. The van der Waals surface area contributed by atoms with Crippen LogP contribution in [0.3, 0.4) is 0 Å². The first kappa shape index (κ1) is 14.6. The van der Waals surface area contributed by atoms with Crippen molar-refractivity contribution in [1.82, 2.24) is 0 Å². The SMILES string of the molecule is CN(Cc1ccc(Cl)s1)c1ccccc1C=CC(=O)O. The van der Waals surface area contributed by atoms with Gasteiger partial charge < -0.3 is 10.0 Å². The van der Waals surface area contributed by atoms with Gasteiger partial charge in [0.15, 0.2) is 0 Å². The quantitative estimate of drug-likeness (QED) is 0.844. The molecule has 0 saturated heterocycles. The number of para-hydroxylation sites is 1. The second-order valence-corrected chi connectivity index (χ2v) is 6.09. The van der Waals surface area contributed by atoms with E-state index in [2.05, 4.69) is 4.90 Å². The number of thiophene rings is 1. The van der Waals surface area contributed by atoms with E-state index < -0.39 is 5.97 Å². The number of benzene rings is 1. The molecule has 0 aliphatic carbocycles. The zero-order chi connectivity index (χ0) is 14.5. The minimum Gasteiger partial charge on any atom is -0.478 e. The van der Waals surface area contributed by atoms with Crippen LogP contribution in [0.2, 0.25) is 4.34 Å². The van der Waals surface area contributed by atoms with Crippen molar-refractivity contribution < 1.29 is 9.90 Å². The van der Waals surface area contributed by atoms with Gasteiger partial charge in [0.1, 0.15) is 0 Å². The number of carbonyl (C=O) groups is 1. The molecule has 0 bridgehead atoms. The van der Waals surface area contributed by atoms with Gasteiger partial charge in [0.25, 0.3) is 0 Å². The van der Waals surface area contributed by atoms with E-state index in [1.54, 1.807) is 17.4 Å². The Labute approximate surface area is 126 Å². The summed E-state index contributed by atoms with van der Waals surface area (Å²) in [6, 6.07) is 11.6. The molecule has 1 heterocycles. The fraction of sp³-hybridized carbons (Fsp3) is 0.133. The molecule has 0 amide bonds. The van der Waals surface area contributed by atoms with Gasteiger partial charge in [-0.2, -0.15) is 0 Å². The molecule has 0 aliphatic rings. The fourth-order valence-electron chi connectivity index (χ4n) is 1.89. The second-order valence-electron chi connectivity index (χ2n) is 4.29. The molecule has 0 radical (unpaired) electrons. The molecule has 2 aromatic rings. The maximum atomic E-state index is 10.6. The lowest BCUT2D eigenvalue weighted by atomic mass is 10.1. The van der Waals surface area contributed by atoms with E-state index in [-0.39, 0.29) is 0 Å². The highest BCUT2D eigenvalue weighted by molar-refractivity contribution is 7.16. The Bertz CT molecular complexity index is 636. The molecule has 0 unspecified atom stereocenters.